The van der Waals surface area contributed by atoms with Crippen molar-refractivity contribution in [2.75, 3.05) is 6.54 Å². The third kappa shape index (κ3) is 4.19. The Balaban J connectivity index is 1.58. The van der Waals surface area contributed by atoms with Crippen LogP contribution in [0.4, 0.5) is 0 Å². The molecule has 1 aliphatic carbocycles. The van der Waals surface area contributed by atoms with Crippen molar-refractivity contribution in [3.8, 4) is 0 Å². The molecule has 114 valence electrons. The Bertz CT molecular complexity index is 557. The van der Waals surface area contributed by atoms with Crippen LogP contribution in [0.1, 0.15) is 41.7 Å². The molecule has 0 saturated heterocycles. The first-order valence-electron chi connectivity index (χ1n) is 7.81. The van der Waals surface area contributed by atoms with E-state index in [-0.39, 0.29) is 0 Å². The van der Waals surface area contributed by atoms with Crippen molar-refractivity contribution in [1.82, 2.24) is 10.2 Å². The number of furan rings is 1. The molecule has 0 atom stereocenters. The Morgan fingerprint density at radius 2 is 2.24 bits per heavy atom. The first-order chi connectivity index (χ1) is 10.2. The molecule has 0 aliphatic heterocycles. The second kappa shape index (κ2) is 6.77. The summed E-state index contributed by atoms with van der Waals surface area (Å²) in [6.45, 7) is 8.15. The summed E-state index contributed by atoms with van der Waals surface area (Å²) in [5, 5.41) is 5.67. The van der Waals surface area contributed by atoms with Gasteiger partial charge in [-0.2, -0.15) is 0 Å². The summed E-state index contributed by atoms with van der Waals surface area (Å²) in [6, 6.07) is 7.24. The lowest BCUT2D eigenvalue weighted by atomic mass is 10.2. The Morgan fingerprint density at radius 3 is 2.90 bits per heavy atom. The summed E-state index contributed by atoms with van der Waals surface area (Å²) in [5.74, 6) is 2.18. The molecule has 2 aromatic rings. The monoisotopic (exact) mass is 304 g/mol. The van der Waals surface area contributed by atoms with Crippen LogP contribution < -0.4 is 5.32 Å². The maximum Gasteiger partial charge on any atom is 0.120 e. The van der Waals surface area contributed by atoms with Crippen molar-refractivity contribution in [2.24, 2.45) is 0 Å². The van der Waals surface area contributed by atoms with Gasteiger partial charge in [0.25, 0.3) is 0 Å². The van der Waals surface area contributed by atoms with Crippen molar-refractivity contribution < 1.29 is 4.42 Å². The van der Waals surface area contributed by atoms with Gasteiger partial charge in [0.15, 0.2) is 0 Å². The Kier molecular flexibility index (Phi) is 4.78. The maximum absolute atomic E-state index is 6.04. The smallest absolute Gasteiger partial charge is 0.120 e. The Morgan fingerprint density at radius 1 is 1.38 bits per heavy atom. The highest BCUT2D eigenvalue weighted by Crippen LogP contribution is 2.22. The van der Waals surface area contributed by atoms with Crippen molar-refractivity contribution >= 4 is 11.3 Å². The fourth-order valence-electron chi connectivity index (χ4n) is 2.49. The summed E-state index contributed by atoms with van der Waals surface area (Å²) in [5.41, 5.74) is 1.27. The van der Waals surface area contributed by atoms with Gasteiger partial charge in [0.1, 0.15) is 11.5 Å². The second-order valence-corrected chi connectivity index (χ2v) is 6.89. The number of hydrogen-bond donors (Lipinski definition) is 1. The van der Waals surface area contributed by atoms with Crippen LogP contribution in [-0.2, 0) is 19.6 Å². The Labute approximate surface area is 131 Å². The van der Waals surface area contributed by atoms with E-state index in [4.69, 9.17) is 4.42 Å². The van der Waals surface area contributed by atoms with Gasteiger partial charge in [-0.3, -0.25) is 4.90 Å². The fraction of sp³-hybridized carbons (Fsp3) is 0.529. The normalized spacial score (nSPS) is 15.0. The quantitative estimate of drug-likeness (QED) is 0.801. The highest BCUT2D eigenvalue weighted by Gasteiger charge is 2.21. The molecule has 0 unspecified atom stereocenters. The van der Waals surface area contributed by atoms with Gasteiger partial charge >= 0.3 is 0 Å². The van der Waals surface area contributed by atoms with E-state index >= 15 is 0 Å². The lowest BCUT2D eigenvalue weighted by Gasteiger charge is -2.18. The molecule has 0 spiro atoms. The van der Waals surface area contributed by atoms with Gasteiger partial charge in [0.2, 0.25) is 0 Å². The average molecular weight is 304 g/mol. The number of nitrogens with zero attached hydrogens (tertiary/aromatic N) is 1. The van der Waals surface area contributed by atoms with Crippen molar-refractivity contribution in [3.63, 3.8) is 0 Å². The second-order valence-electron chi connectivity index (χ2n) is 5.86. The van der Waals surface area contributed by atoms with Gasteiger partial charge in [-0.15, -0.1) is 11.3 Å². The molecule has 4 heteroatoms. The highest BCUT2D eigenvalue weighted by molar-refractivity contribution is 7.09. The standard InChI is InChI=1S/C17H24N2OS/c1-3-19(12-16-5-4-8-21-16)11-15-9-13(2)17(20-15)10-18-14-6-7-14/h4-5,8-9,14,18H,3,6-7,10-12H2,1-2H3. The largest absolute Gasteiger partial charge is 0.463 e. The van der Waals surface area contributed by atoms with Crippen LogP contribution in [0.15, 0.2) is 28.0 Å². The molecule has 1 aliphatic rings. The average Bonchev–Trinajstić information content (AvgIpc) is 3.04. The van der Waals surface area contributed by atoms with E-state index in [1.165, 1.54) is 23.3 Å². The zero-order valence-electron chi connectivity index (χ0n) is 12.9. The summed E-state index contributed by atoms with van der Waals surface area (Å²) in [4.78, 5) is 3.83. The number of hydrogen-bond acceptors (Lipinski definition) is 4. The zero-order valence-corrected chi connectivity index (χ0v) is 13.7. The molecule has 3 nitrogen and oxygen atoms in total. The molecular weight excluding hydrogens is 280 g/mol. The lowest BCUT2D eigenvalue weighted by molar-refractivity contribution is 0.246. The van der Waals surface area contributed by atoms with E-state index in [1.54, 1.807) is 0 Å². The summed E-state index contributed by atoms with van der Waals surface area (Å²) < 4.78 is 6.04. The van der Waals surface area contributed by atoms with Gasteiger partial charge < -0.3 is 9.73 Å². The highest BCUT2D eigenvalue weighted by atomic mass is 32.1. The predicted molar refractivity (Wildman–Crippen MR) is 87.4 cm³/mol. The summed E-state index contributed by atoms with van der Waals surface area (Å²) >= 11 is 1.82. The van der Waals surface area contributed by atoms with Crippen LogP contribution in [0.5, 0.6) is 0 Å². The summed E-state index contributed by atoms with van der Waals surface area (Å²) in [7, 11) is 0. The van der Waals surface area contributed by atoms with Crippen LogP contribution in [0.3, 0.4) is 0 Å². The topological polar surface area (TPSA) is 28.4 Å². The molecule has 2 aromatic heterocycles. The van der Waals surface area contributed by atoms with Gasteiger partial charge in [0, 0.05) is 17.5 Å². The zero-order chi connectivity index (χ0) is 14.7. The molecule has 0 aromatic carbocycles. The molecule has 1 saturated carbocycles. The van der Waals surface area contributed by atoms with E-state index in [1.807, 2.05) is 11.3 Å². The molecule has 21 heavy (non-hydrogen) atoms. The molecule has 3 rings (SSSR count). The number of nitrogens with one attached hydrogen (secondary N) is 1. The molecule has 1 fully saturated rings. The molecule has 1 N–H and O–H groups in total. The van der Waals surface area contributed by atoms with Crippen molar-refractivity contribution in [2.45, 2.75) is 52.4 Å². The minimum absolute atomic E-state index is 0.726. The van der Waals surface area contributed by atoms with Gasteiger partial charge in [-0.25, -0.2) is 0 Å². The molecule has 0 amide bonds. The molecular formula is C17H24N2OS. The van der Waals surface area contributed by atoms with Crippen LogP contribution in [0, 0.1) is 6.92 Å². The van der Waals surface area contributed by atoms with E-state index in [0.717, 1.165) is 43.7 Å². The van der Waals surface area contributed by atoms with Gasteiger partial charge in [-0.1, -0.05) is 13.0 Å². The number of aryl methyl sites for hydroxylation is 1. The lowest BCUT2D eigenvalue weighted by Crippen LogP contribution is -2.21. The third-order valence-corrected chi connectivity index (χ3v) is 4.85. The van der Waals surface area contributed by atoms with Crippen LogP contribution >= 0.6 is 11.3 Å². The third-order valence-electron chi connectivity index (χ3n) is 3.99. The van der Waals surface area contributed by atoms with Crippen LogP contribution in [0.2, 0.25) is 0 Å². The fourth-order valence-corrected chi connectivity index (χ4v) is 3.24. The molecule has 0 radical (unpaired) electrons. The summed E-state index contributed by atoms with van der Waals surface area (Å²) in [6.07, 6.45) is 2.63. The van der Waals surface area contributed by atoms with E-state index in [2.05, 4.69) is 47.6 Å². The van der Waals surface area contributed by atoms with E-state index < -0.39 is 0 Å². The maximum atomic E-state index is 6.04. The minimum atomic E-state index is 0.726. The Hall–Kier alpha value is -1.10. The minimum Gasteiger partial charge on any atom is -0.463 e. The first kappa shape index (κ1) is 14.8. The van der Waals surface area contributed by atoms with E-state index in [9.17, 15) is 0 Å². The SMILES string of the molecule is CCN(Cc1cc(C)c(CNC2CC2)o1)Cc1cccs1. The molecule has 0 bridgehead atoms. The number of thiophene rings is 1. The van der Waals surface area contributed by atoms with Crippen molar-refractivity contribution in [3.05, 3.63) is 45.5 Å². The van der Waals surface area contributed by atoms with E-state index in [0.29, 0.717) is 0 Å². The predicted octanol–water partition coefficient (Wildman–Crippen LogP) is 3.92. The van der Waals surface area contributed by atoms with Crippen LogP contribution in [0.25, 0.3) is 0 Å². The number of rotatable bonds is 8. The van der Waals surface area contributed by atoms with Gasteiger partial charge in [-0.05, 0) is 49.4 Å². The van der Waals surface area contributed by atoms with Crippen molar-refractivity contribution in [1.29, 1.82) is 0 Å². The first-order valence-corrected chi connectivity index (χ1v) is 8.69. The van der Waals surface area contributed by atoms with Crippen LogP contribution in [-0.4, -0.2) is 17.5 Å². The van der Waals surface area contributed by atoms with Gasteiger partial charge in [0.05, 0.1) is 13.1 Å². The molecule has 2 heterocycles.